The first-order chi connectivity index (χ1) is 10.6. The zero-order chi connectivity index (χ0) is 15.9. The van der Waals surface area contributed by atoms with Gasteiger partial charge in [-0.15, -0.1) is 0 Å². The molecular formula is C18H28N2O2. The van der Waals surface area contributed by atoms with E-state index >= 15 is 0 Å². The Labute approximate surface area is 133 Å². The maximum absolute atomic E-state index is 11.9. The number of carbonyl (C=O) groups is 1. The van der Waals surface area contributed by atoms with Crippen LogP contribution in [0.4, 0.5) is 5.69 Å². The summed E-state index contributed by atoms with van der Waals surface area (Å²) in [4.78, 5) is 11.9. The van der Waals surface area contributed by atoms with E-state index < -0.39 is 0 Å². The molecule has 0 heterocycles. The van der Waals surface area contributed by atoms with E-state index in [1.165, 1.54) is 19.3 Å². The predicted octanol–water partition coefficient (Wildman–Crippen LogP) is 2.72. The molecular weight excluding hydrogens is 276 g/mol. The molecule has 0 aromatic heterocycles. The van der Waals surface area contributed by atoms with Gasteiger partial charge in [-0.3, -0.25) is 4.79 Å². The third-order valence-electron chi connectivity index (χ3n) is 4.61. The van der Waals surface area contributed by atoms with E-state index in [0.29, 0.717) is 12.5 Å². The quantitative estimate of drug-likeness (QED) is 0.726. The molecule has 0 radical (unpaired) electrons. The number of carbonyl (C=O) groups excluding carboxylic acids is 1. The molecule has 1 amide bonds. The summed E-state index contributed by atoms with van der Waals surface area (Å²) in [5.74, 6) is 0.695. The lowest BCUT2D eigenvalue weighted by molar-refractivity contribution is -0.121. The lowest BCUT2D eigenvalue weighted by atomic mass is 10.1. The van der Waals surface area contributed by atoms with Crippen LogP contribution < -0.4 is 10.6 Å². The van der Waals surface area contributed by atoms with E-state index in [-0.39, 0.29) is 18.6 Å². The lowest BCUT2D eigenvalue weighted by Crippen LogP contribution is -2.37. The molecule has 3 unspecified atom stereocenters. The normalized spacial score (nSPS) is 22.3. The van der Waals surface area contributed by atoms with Gasteiger partial charge in [0.1, 0.15) is 0 Å². The molecule has 0 aliphatic heterocycles. The molecule has 1 aliphatic rings. The molecule has 1 saturated carbocycles. The van der Waals surface area contributed by atoms with Crippen LogP contribution in [0.25, 0.3) is 0 Å². The van der Waals surface area contributed by atoms with Crippen molar-refractivity contribution in [1.29, 1.82) is 0 Å². The summed E-state index contributed by atoms with van der Waals surface area (Å²) < 4.78 is 0. The first-order valence-electron chi connectivity index (χ1n) is 8.38. The third-order valence-corrected chi connectivity index (χ3v) is 4.61. The van der Waals surface area contributed by atoms with Crippen LogP contribution in [0.1, 0.15) is 45.1 Å². The topological polar surface area (TPSA) is 61.4 Å². The Balaban J connectivity index is 1.85. The minimum absolute atomic E-state index is 0.00926. The summed E-state index contributed by atoms with van der Waals surface area (Å²) in [5, 5.41) is 15.5. The third kappa shape index (κ3) is 4.73. The first kappa shape index (κ1) is 16.8. The fourth-order valence-corrected chi connectivity index (χ4v) is 3.03. The van der Waals surface area contributed by atoms with E-state index in [1.54, 1.807) is 0 Å². The maximum atomic E-state index is 11.9. The van der Waals surface area contributed by atoms with Crippen molar-refractivity contribution in [1.82, 2.24) is 5.32 Å². The highest BCUT2D eigenvalue weighted by Gasteiger charge is 2.22. The van der Waals surface area contributed by atoms with Crippen LogP contribution in [-0.2, 0) is 11.2 Å². The summed E-state index contributed by atoms with van der Waals surface area (Å²) >= 11 is 0. The standard InChI is InChI=1S/C18H28N2O2/c1-3-15(12-21)20-18(22)11-14-7-9-16(10-8-14)19-17-6-4-5-13(17)2/h7-10,13,15,17,19,21H,3-6,11-12H2,1-2H3,(H,20,22). The van der Waals surface area contributed by atoms with Crippen molar-refractivity contribution >= 4 is 11.6 Å². The molecule has 1 fully saturated rings. The second-order valence-electron chi connectivity index (χ2n) is 6.39. The Kier molecular flexibility index (Phi) is 6.25. The molecule has 0 spiro atoms. The number of benzene rings is 1. The smallest absolute Gasteiger partial charge is 0.224 e. The monoisotopic (exact) mass is 304 g/mol. The van der Waals surface area contributed by atoms with Crippen LogP contribution in [-0.4, -0.2) is 29.7 Å². The molecule has 4 nitrogen and oxygen atoms in total. The molecule has 4 heteroatoms. The van der Waals surface area contributed by atoms with Gasteiger partial charge in [-0.2, -0.15) is 0 Å². The molecule has 1 aromatic rings. The second-order valence-corrected chi connectivity index (χ2v) is 6.39. The van der Waals surface area contributed by atoms with E-state index in [9.17, 15) is 4.79 Å². The number of anilines is 1. The minimum Gasteiger partial charge on any atom is -0.394 e. The highest BCUT2D eigenvalue weighted by Crippen LogP contribution is 2.28. The van der Waals surface area contributed by atoms with Gasteiger partial charge in [0.25, 0.3) is 0 Å². The Bertz CT molecular complexity index is 468. The van der Waals surface area contributed by atoms with E-state index in [1.807, 2.05) is 19.1 Å². The molecule has 1 aliphatic carbocycles. The maximum Gasteiger partial charge on any atom is 0.224 e. The zero-order valence-electron chi connectivity index (χ0n) is 13.6. The van der Waals surface area contributed by atoms with Crippen molar-refractivity contribution in [3.63, 3.8) is 0 Å². The van der Waals surface area contributed by atoms with Gasteiger partial charge in [-0.1, -0.05) is 32.4 Å². The van der Waals surface area contributed by atoms with Crippen LogP contribution in [0.2, 0.25) is 0 Å². The molecule has 3 atom stereocenters. The molecule has 1 aromatic carbocycles. The van der Waals surface area contributed by atoms with Crippen molar-refractivity contribution in [2.75, 3.05) is 11.9 Å². The second kappa shape index (κ2) is 8.18. The average Bonchev–Trinajstić information content (AvgIpc) is 2.92. The zero-order valence-corrected chi connectivity index (χ0v) is 13.6. The van der Waals surface area contributed by atoms with Crippen molar-refractivity contribution in [3.05, 3.63) is 29.8 Å². The minimum atomic E-state index is -0.141. The summed E-state index contributed by atoms with van der Waals surface area (Å²) in [6.45, 7) is 4.24. The van der Waals surface area contributed by atoms with Gasteiger partial charge in [0.2, 0.25) is 5.91 Å². The average molecular weight is 304 g/mol. The SMILES string of the molecule is CCC(CO)NC(=O)Cc1ccc(NC2CCCC2C)cc1. The Hall–Kier alpha value is -1.55. The Morgan fingerprint density at radius 2 is 2.05 bits per heavy atom. The molecule has 122 valence electrons. The number of aliphatic hydroxyl groups is 1. The fraction of sp³-hybridized carbons (Fsp3) is 0.611. The lowest BCUT2D eigenvalue weighted by Gasteiger charge is -2.19. The van der Waals surface area contributed by atoms with Gasteiger partial charge in [-0.25, -0.2) is 0 Å². The summed E-state index contributed by atoms with van der Waals surface area (Å²) in [6.07, 6.45) is 4.95. The number of hydrogen-bond acceptors (Lipinski definition) is 3. The van der Waals surface area contributed by atoms with E-state index in [4.69, 9.17) is 5.11 Å². The number of amides is 1. The Morgan fingerprint density at radius 3 is 2.59 bits per heavy atom. The molecule has 22 heavy (non-hydrogen) atoms. The number of hydrogen-bond donors (Lipinski definition) is 3. The van der Waals surface area contributed by atoms with E-state index in [2.05, 4.69) is 29.7 Å². The van der Waals surface area contributed by atoms with Gasteiger partial charge in [0, 0.05) is 11.7 Å². The summed E-state index contributed by atoms with van der Waals surface area (Å²) in [5.41, 5.74) is 2.13. The number of aliphatic hydroxyl groups excluding tert-OH is 1. The number of nitrogens with one attached hydrogen (secondary N) is 2. The predicted molar refractivity (Wildman–Crippen MR) is 89.9 cm³/mol. The molecule has 0 bridgehead atoms. The summed E-state index contributed by atoms with van der Waals surface area (Å²) in [6, 6.07) is 8.54. The van der Waals surface area contributed by atoms with Crippen LogP contribution in [0.15, 0.2) is 24.3 Å². The van der Waals surface area contributed by atoms with Crippen LogP contribution in [0.3, 0.4) is 0 Å². The number of rotatable bonds is 7. The van der Waals surface area contributed by atoms with Crippen molar-refractivity contribution in [3.8, 4) is 0 Å². The molecule has 2 rings (SSSR count). The van der Waals surface area contributed by atoms with Gasteiger partial charge in [0.05, 0.1) is 19.1 Å². The molecule has 0 saturated heterocycles. The first-order valence-corrected chi connectivity index (χ1v) is 8.38. The van der Waals surface area contributed by atoms with Crippen LogP contribution >= 0.6 is 0 Å². The van der Waals surface area contributed by atoms with Gasteiger partial charge in [-0.05, 0) is 42.9 Å². The molecule has 3 N–H and O–H groups in total. The van der Waals surface area contributed by atoms with Crippen LogP contribution in [0.5, 0.6) is 0 Å². The van der Waals surface area contributed by atoms with Crippen molar-refractivity contribution < 1.29 is 9.90 Å². The summed E-state index contributed by atoms with van der Waals surface area (Å²) in [7, 11) is 0. The largest absolute Gasteiger partial charge is 0.394 e. The highest BCUT2D eigenvalue weighted by molar-refractivity contribution is 5.79. The van der Waals surface area contributed by atoms with E-state index in [0.717, 1.165) is 23.6 Å². The van der Waals surface area contributed by atoms with Gasteiger partial charge >= 0.3 is 0 Å². The fourth-order valence-electron chi connectivity index (χ4n) is 3.03. The van der Waals surface area contributed by atoms with Gasteiger partial charge < -0.3 is 15.7 Å². The van der Waals surface area contributed by atoms with Crippen molar-refractivity contribution in [2.24, 2.45) is 5.92 Å². The van der Waals surface area contributed by atoms with Crippen LogP contribution in [0, 0.1) is 5.92 Å². The van der Waals surface area contributed by atoms with Crippen molar-refractivity contribution in [2.45, 2.75) is 58.0 Å². The Morgan fingerprint density at radius 1 is 1.32 bits per heavy atom. The highest BCUT2D eigenvalue weighted by atomic mass is 16.3. The van der Waals surface area contributed by atoms with Gasteiger partial charge in [0.15, 0.2) is 0 Å².